The van der Waals surface area contributed by atoms with Crippen LogP contribution in [0.3, 0.4) is 0 Å². The molecule has 2 aliphatic rings. The number of hydrogen-bond acceptors (Lipinski definition) is 5. The second-order valence-corrected chi connectivity index (χ2v) is 9.59. The summed E-state index contributed by atoms with van der Waals surface area (Å²) in [6.45, 7) is 2.70. The molecule has 2 aromatic rings. The fraction of sp³-hybridized carbons (Fsp3) is 0.364. The number of para-hydroxylation sites is 1. The molecule has 2 fully saturated rings. The van der Waals surface area contributed by atoms with E-state index in [0.717, 1.165) is 12.8 Å². The summed E-state index contributed by atoms with van der Waals surface area (Å²) in [6, 6.07) is 15.0. The van der Waals surface area contributed by atoms with Crippen molar-refractivity contribution in [2.45, 2.75) is 23.8 Å². The van der Waals surface area contributed by atoms with E-state index in [-0.39, 0.29) is 16.7 Å². The SMILES string of the molecule is O=C(CN1CCN(C(=O)c2ccc(S(=O)(=O)Nc3ccccc3)cc2)CC1)NC1CC1. The van der Waals surface area contributed by atoms with Gasteiger partial charge in [0.2, 0.25) is 5.91 Å². The maximum atomic E-state index is 12.8. The van der Waals surface area contributed by atoms with Crippen LogP contribution < -0.4 is 10.0 Å². The van der Waals surface area contributed by atoms with Crippen LogP contribution in [-0.4, -0.2) is 68.8 Å². The number of carbonyl (C=O) groups is 2. The maximum absolute atomic E-state index is 12.8. The van der Waals surface area contributed by atoms with Crippen molar-refractivity contribution in [2.24, 2.45) is 0 Å². The van der Waals surface area contributed by atoms with Crippen LogP contribution in [-0.2, 0) is 14.8 Å². The first-order valence-corrected chi connectivity index (χ1v) is 11.9. The van der Waals surface area contributed by atoms with Crippen molar-refractivity contribution in [1.29, 1.82) is 0 Å². The summed E-state index contributed by atoms with van der Waals surface area (Å²) in [7, 11) is -3.72. The summed E-state index contributed by atoms with van der Waals surface area (Å²) in [5, 5.41) is 2.98. The van der Waals surface area contributed by atoms with Gasteiger partial charge < -0.3 is 10.2 Å². The summed E-state index contributed by atoms with van der Waals surface area (Å²) >= 11 is 0. The van der Waals surface area contributed by atoms with Crippen LogP contribution in [0.2, 0.25) is 0 Å². The largest absolute Gasteiger partial charge is 0.352 e. The van der Waals surface area contributed by atoms with Gasteiger partial charge in [-0.1, -0.05) is 18.2 Å². The molecule has 0 aromatic heterocycles. The van der Waals surface area contributed by atoms with Crippen molar-refractivity contribution in [3.63, 3.8) is 0 Å². The van der Waals surface area contributed by atoms with E-state index < -0.39 is 10.0 Å². The molecule has 2 N–H and O–H groups in total. The van der Waals surface area contributed by atoms with E-state index in [0.29, 0.717) is 50.0 Å². The molecule has 1 heterocycles. The highest BCUT2D eigenvalue weighted by atomic mass is 32.2. The molecule has 0 unspecified atom stereocenters. The lowest BCUT2D eigenvalue weighted by atomic mass is 10.2. The van der Waals surface area contributed by atoms with Gasteiger partial charge in [-0.2, -0.15) is 0 Å². The van der Waals surface area contributed by atoms with Crippen molar-refractivity contribution in [1.82, 2.24) is 15.1 Å². The first-order valence-electron chi connectivity index (χ1n) is 10.4. The molecule has 164 valence electrons. The van der Waals surface area contributed by atoms with E-state index in [4.69, 9.17) is 0 Å². The highest BCUT2D eigenvalue weighted by molar-refractivity contribution is 7.92. The first kappa shape index (κ1) is 21.3. The Bertz CT molecular complexity index is 1030. The Morgan fingerprint density at radius 2 is 1.55 bits per heavy atom. The molecule has 4 rings (SSSR count). The topological polar surface area (TPSA) is 98.8 Å². The van der Waals surface area contributed by atoms with Gasteiger partial charge in [-0.3, -0.25) is 19.2 Å². The molecular formula is C22H26N4O4S. The molecule has 8 nitrogen and oxygen atoms in total. The van der Waals surface area contributed by atoms with Crippen LogP contribution in [0.4, 0.5) is 5.69 Å². The number of carbonyl (C=O) groups excluding carboxylic acids is 2. The number of hydrogen-bond donors (Lipinski definition) is 2. The van der Waals surface area contributed by atoms with Crippen molar-refractivity contribution in [2.75, 3.05) is 37.4 Å². The molecule has 0 bridgehead atoms. The highest BCUT2D eigenvalue weighted by Gasteiger charge is 2.27. The van der Waals surface area contributed by atoms with Gasteiger partial charge in [0, 0.05) is 43.5 Å². The van der Waals surface area contributed by atoms with E-state index in [1.54, 1.807) is 35.2 Å². The smallest absolute Gasteiger partial charge is 0.261 e. The minimum Gasteiger partial charge on any atom is -0.352 e. The number of piperazine rings is 1. The van der Waals surface area contributed by atoms with Gasteiger partial charge in [0.15, 0.2) is 0 Å². The van der Waals surface area contributed by atoms with E-state index in [1.165, 1.54) is 24.3 Å². The van der Waals surface area contributed by atoms with Crippen molar-refractivity contribution >= 4 is 27.5 Å². The standard InChI is InChI=1S/C22H26N4O4S/c27-21(23-18-8-9-18)16-25-12-14-26(15-13-25)22(28)17-6-10-20(11-7-17)31(29,30)24-19-4-2-1-3-5-19/h1-7,10-11,18,24H,8-9,12-16H2,(H,23,27). The Hall–Kier alpha value is -2.91. The molecule has 0 atom stereocenters. The lowest BCUT2D eigenvalue weighted by molar-refractivity contribution is -0.122. The number of nitrogens with one attached hydrogen (secondary N) is 2. The minimum atomic E-state index is -3.72. The molecule has 1 aliphatic carbocycles. The monoisotopic (exact) mass is 442 g/mol. The van der Waals surface area contributed by atoms with Crippen molar-refractivity contribution in [3.05, 3.63) is 60.2 Å². The summed E-state index contributed by atoms with van der Waals surface area (Å²) in [4.78, 5) is 28.6. The minimum absolute atomic E-state index is 0.0446. The average Bonchev–Trinajstić information content (AvgIpc) is 3.58. The van der Waals surface area contributed by atoms with Gasteiger partial charge in [0.25, 0.3) is 15.9 Å². The second kappa shape index (κ2) is 9.07. The third-order valence-electron chi connectivity index (χ3n) is 5.41. The average molecular weight is 443 g/mol. The number of benzene rings is 2. The van der Waals surface area contributed by atoms with Gasteiger partial charge in [0.1, 0.15) is 0 Å². The first-order chi connectivity index (χ1) is 14.9. The number of nitrogens with zero attached hydrogens (tertiary/aromatic N) is 2. The van der Waals surface area contributed by atoms with Crippen LogP contribution >= 0.6 is 0 Å². The van der Waals surface area contributed by atoms with Gasteiger partial charge in [-0.05, 0) is 49.2 Å². The van der Waals surface area contributed by atoms with Gasteiger partial charge in [-0.25, -0.2) is 8.42 Å². The third-order valence-corrected chi connectivity index (χ3v) is 6.80. The van der Waals surface area contributed by atoms with Crippen LogP contribution in [0.5, 0.6) is 0 Å². The Labute approximate surface area is 182 Å². The molecule has 1 saturated carbocycles. The fourth-order valence-electron chi connectivity index (χ4n) is 3.49. The molecule has 1 aliphatic heterocycles. The van der Waals surface area contributed by atoms with Crippen molar-refractivity contribution in [3.8, 4) is 0 Å². The zero-order valence-electron chi connectivity index (χ0n) is 17.2. The van der Waals surface area contributed by atoms with Crippen LogP contribution in [0, 0.1) is 0 Å². The van der Waals surface area contributed by atoms with Gasteiger partial charge in [0.05, 0.1) is 11.4 Å². The predicted molar refractivity (Wildman–Crippen MR) is 117 cm³/mol. The second-order valence-electron chi connectivity index (χ2n) is 7.91. The van der Waals surface area contributed by atoms with Crippen LogP contribution in [0.1, 0.15) is 23.2 Å². The third kappa shape index (κ3) is 5.62. The van der Waals surface area contributed by atoms with Crippen LogP contribution in [0.15, 0.2) is 59.5 Å². The lowest BCUT2D eigenvalue weighted by Crippen LogP contribution is -2.51. The molecule has 9 heteroatoms. The fourth-order valence-corrected chi connectivity index (χ4v) is 4.55. The summed E-state index contributed by atoms with van der Waals surface area (Å²) in [5.74, 6) is -0.0924. The van der Waals surface area contributed by atoms with Gasteiger partial charge in [-0.15, -0.1) is 0 Å². The molecule has 2 amide bonds. The van der Waals surface area contributed by atoms with E-state index in [2.05, 4.69) is 10.0 Å². The predicted octanol–water partition coefficient (Wildman–Crippen LogP) is 1.52. The molecule has 0 radical (unpaired) electrons. The van der Waals surface area contributed by atoms with E-state index in [1.807, 2.05) is 4.90 Å². The molecular weight excluding hydrogens is 416 g/mol. The zero-order valence-corrected chi connectivity index (χ0v) is 18.0. The molecule has 31 heavy (non-hydrogen) atoms. The summed E-state index contributed by atoms with van der Waals surface area (Å²) < 4.78 is 27.6. The van der Waals surface area contributed by atoms with Crippen molar-refractivity contribution < 1.29 is 18.0 Å². The maximum Gasteiger partial charge on any atom is 0.261 e. The van der Waals surface area contributed by atoms with Crippen LogP contribution in [0.25, 0.3) is 0 Å². The number of amides is 2. The Morgan fingerprint density at radius 3 is 2.16 bits per heavy atom. The van der Waals surface area contributed by atoms with E-state index >= 15 is 0 Å². The zero-order chi connectivity index (χ0) is 21.8. The lowest BCUT2D eigenvalue weighted by Gasteiger charge is -2.34. The van der Waals surface area contributed by atoms with Gasteiger partial charge >= 0.3 is 0 Å². The highest BCUT2D eigenvalue weighted by Crippen LogP contribution is 2.19. The summed E-state index contributed by atoms with van der Waals surface area (Å²) in [6.07, 6.45) is 2.13. The normalized spacial score (nSPS) is 17.2. The Morgan fingerprint density at radius 1 is 0.903 bits per heavy atom. The Balaban J connectivity index is 1.31. The molecule has 2 aromatic carbocycles. The van der Waals surface area contributed by atoms with E-state index in [9.17, 15) is 18.0 Å². The number of sulfonamides is 1. The molecule has 0 spiro atoms. The number of rotatable bonds is 7. The number of anilines is 1. The molecule has 1 saturated heterocycles. The quantitative estimate of drug-likeness (QED) is 0.678. The summed E-state index contributed by atoms with van der Waals surface area (Å²) in [5.41, 5.74) is 0.921. The Kier molecular flexibility index (Phi) is 6.24.